The fourth-order valence-electron chi connectivity index (χ4n) is 2.09. The fraction of sp³-hybridized carbons (Fsp3) is 0.263. The van der Waals surface area contributed by atoms with Crippen molar-refractivity contribution in [3.63, 3.8) is 0 Å². The Morgan fingerprint density at radius 3 is 2.28 bits per heavy atom. The van der Waals surface area contributed by atoms with Gasteiger partial charge in [0.2, 0.25) is 0 Å². The molecule has 0 bridgehead atoms. The van der Waals surface area contributed by atoms with Gasteiger partial charge in [-0.2, -0.15) is 0 Å². The summed E-state index contributed by atoms with van der Waals surface area (Å²) in [5.41, 5.74) is 1.54. The molecule has 0 saturated carbocycles. The van der Waals surface area contributed by atoms with Gasteiger partial charge >= 0.3 is 5.97 Å². The normalized spacial score (nSPS) is 10.2. The first kappa shape index (κ1) is 18.4. The van der Waals surface area contributed by atoms with Crippen molar-refractivity contribution in [3.8, 4) is 5.75 Å². The van der Waals surface area contributed by atoms with Crippen LogP contribution >= 0.6 is 0 Å². The van der Waals surface area contributed by atoms with Gasteiger partial charge in [0.05, 0.1) is 13.0 Å². The zero-order valence-corrected chi connectivity index (χ0v) is 14.0. The quantitative estimate of drug-likeness (QED) is 0.747. The van der Waals surface area contributed by atoms with E-state index in [1.165, 1.54) is 12.1 Å². The highest BCUT2D eigenvalue weighted by Crippen LogP contribution is 2.12. The van der Waals surface area contributed by atoms with E-state index in [4.69, 9.17) is 9.47 Å². The van der Waals surface area contributed by atoms with Crippen molar-refractivity contribution in [2.24, 2.45) is 0 Å². The predicted octanol–water partition coefficient (Wildman–Crippen LogP) is 2.63. The summed E-state index contributed by atoms with van der Waals surface area (Å²) >= 11 is 0. The molecule has 0 aliphatic heterocycles. The van der Waals surface area contributed by atoms with Crippen LogP contribution in [-0.2, 0) is 27.3 Å². The Morgan fingerprint density at radius 2 is 1.64 bits per heavy atom. The predicted molar refractivity (Wildman–Crippen MR) is 90.5 cm³/mol. The molecule has 0 saturated heterocycles. The molecule has 0 heterocycles. The Bertz CT molecular complexity index is 698. The first-order valence-corrected chi connectivity index (χ1v) is 7.95. The molecule has 2 aromatic rings. The van der Waals surface area contributed by atoms with Crippen LogP contribution in [-0.4, -0.2) is 25.1 Å². The Kier molecular flexibility index (Phi) is 6.95. The molecule has 0 aromatic heterocycles. The number of esters is 1. The van der Waals surface area contributed by atoms with Crippen LogP contribution < -0.4 is 10.1 Å². The van der Waals surface area contributed by atoms with Crippen molar-refractivity contribution >= 4 is 11.9 Å². The molecule has 132 valence electrons. The highest BCUT2D eigenvalue weighted by atomic mass is 19.1. The number of carbonyl (C=O) groups excluding carboxylic acids is 2. The molecular formula is C19H20FNO4. The van der Waals surface area contributed by atoms with Crippen LogP contribution in [0.5, 0.6) is 5.75 Å². The largest absolute Gasteiger partial charge is 0.494 e. The highest BCUT2D eigenvalue weighted by Gasteiger charge is 2.09. The molecule has 0 atom stereocenters. The average molecular weight is 345 g/mol. The number of carbonyl (C=O) groups is 2. The lowest BCUT2D eigenvalue weighted by atomic mass is 10.1. The molecule has 1 amide bonds. The maximum absolute atomic E-state index is 12.8. The van der Waals surface area contributed by atoms with Gasteiger partial charge in [0.15, 0.2) is 6.61 Å². The molecule has 2 rings (SSSR count). The molecule has 0 radical (unpaired) electrons. The maximum atomic E-state index is 12.8. The Labute approximate surface area is 145 Å². The molecule has 0 aliphatic carbocycles. The van der Waals surface area contributed by atoms with Gasteiger partial charge < -0.3 is 14.8 Å². The number of hydrogen-bond donors (Lipinski definition) is 1. The molecule has 6 heteroatoms. The van der Waals surface area contributed by atoms with Gasteiger partial charge in [-0.05, 0) is 42.3 Å². The molecule has 2 aromatic carbocycles. The maximum Gasteiger partial charge on any atom is 0.310 e. The lowest BCUT2D eigenvalue weighted by Crippen LogP contribution is -2.28. The minimum atomic E-state index is -0.485. The topological polar surface area (TPSA) is 64.6 Å². The van der Waals surface area contributed by atoms with Crippen LogP contribution in [0.4, 0.5) is 4.39 Å². The van der Waals surface area contributed by atoms with E-state index in [2.05, 4.69) is 5.32 Å². The fourth-order valence-corrected chi connectivity index (χ4v) is 2.09. The van der Waals surface area contributed by atoms with E-state index >= 15 is 0 Å². The molecule has 0 fully saturated rings. The number of hydrogen-bond acceptors (Lipinski definition) is 4. The van der Waals surface area contributed by atoms with Gasteiger partial charge in [-0.3, -0.25) is 9.59 Å². The first-order valence-electron chi connectivity index (χ1n) is 7.95. The van der Waals surface area contributed by atoms with Crippen LogP contribution in [0.25, 0.3) is 0 Å². The van der Waals surface area contributed by atoms with Gasteiger partial charge in [0.25, 0.3) is 5.91 Å². The molecule has 0 aliphatic rings. The van der Waals surface area contributed by atoms with E-state index in [0.29, 0.717) is 6.61 Å². The monoisotopic (exact) mass is 345 g/mol. The lowest BCUT2D eigenvalue weighted by Gasteiger charge is -2.07. The summed E-state index contributed by atoms with van der Waals surface area (Å²) in [6.07, 6.45) is 0.0810. The Morgan fingerprint density at radius 1 is 1.00 bits per heavy atom. The second-order valence-electron chi connectivity index (χ2n) is 5.32. The molecule has 25 heavy (non-hydrogen) atoms. The number of halogens is 1. The summed E-state index contributed by atoms with van der Waals surface area (Å²) in [7, 11) is 0. The molecule has 0 unspecified atom stereocenters. The van der Waals surface area contributed by atoms with E-state index in [0.717, 1.165) is 16.9 Å². The van der Waals surface area contributed by atoms with Gasteiger partial charge in [0, 0.05) is 6.54 Å². The molecule has 5 nitrogen and oxygen atoms in total. The zero-order chi connectivity index (χ0) is 18.1. The number of rotatable bonds is 8. The van der Waals surface area contributed by atoms with Crippen molar-refractivity contribution in [2.45, 2.75) is 19.9 Å². The van der Waals surface area contributed by atoms with Crippen molar-refractivity contribution in [1.29, 1.82) is 0 Å². The third-order valence-corrected chi connectivity index (χ3v) is 3.35. The second-order valence-corrected chi connectivity index (χ2v) is 5.32. The van der Waals surface area contributed by atoms with Crippen molar-refractivity contribution in [2.75, 3.05) is 13.2 Å². The van der Waals surface area contributed by atoms with E-state index in [1.54, 1.807) is 36.4 Å². The summed E-state index contributed by atoms with van der Waals surface area (Å²) < 4.78 is 23.1. The van der Waals surface area contributed by atoms with Crippen molar-refractivity contribution in [3.05, 3.63) is 65.5 Å². The molecule has 1 N–H and O–H groups in total. The smallest absolute Gasteiger partial charge is 0.310 e. The average Bonchev–Trinajstić information content (AvgIpc) is 2.61. The Hall–Kier alpha value is -2.89. The van der Waals surface area contributed by atoms with Crippen molar-refractivity contribution < 1.29 is 23.5 Å². The molecule has 0 spiro atoms. The van der Waals surface area contributed by atoms with Crippen LogP contribution in [0.1, 0.15) is 18.1 Å². The van der Waals surface area contributed by atoms with Gasteiger partial charge in [-0.1, -0.05) is 24.3 Å². The third-order valence-electron chi connectivity index (χ3n) is 3.35. The van der Waals surface area contributed by atoms with E-state index in [1.807, 2.05) is 6.92 Å². The van der Waals surface area contributed by atoms with Crippen molar-refractivity contribution in [1.82, 2.24) is 5.32 Å². The van der Waals surface area contributed by atoms with Crippen LogP contribution in [0.2, 0.25) is 0 Å². The third kappa shape index (κ3) is 6.63. The first-order chi connectivity index (χ1) is 12.1. The summed E-state index contributed by atoms with van der Waals surface area (Å²) in [6, 6.07) is 12.9. The number of benzene rings is 2. The van der Waals surface area contributed by atoms with Gasteiger partial charge in [-0.25, -0.2) is 4.39 Å². The van der Waals surface area contributed by atoms with Crippen LogP contribution in [0.3, 0.4) is 0 Å². The van der Waals surface area contributed by atoms with E-state index in [-0.39, 0.29) is 25.4 Å². The number of amides is 1. The van der Waals surface area contributed by atoms with Gasteiger partial charge in [0.1, 0.15) is 11.6 Å². The number of ether oxygens (including phenoxy) is 2. The lowest BCUT2D eigenvalue weighted by molar-refractivity contribution is -0.147. The van der Waals surface area contributed by atoms with Crippen LogP contribution in [0.15, 0.2) is 48.5 Å². The summed E-state index contributed by atoms with van der Waals surface area (Å²) in [4.78, 5) is 23.4. The molecular weight excluding hydrogens is 325 g/mol. The summed E-state index contributed by atoms with van der Waals surface area (Å²) in [5, 5.41) is 2.60. The zero-order valence-electron chi connectivity index (χ0n) is 14.0. The minimum Gasteiger partial charge on any atom is -0.494 e. The summed E-state index contributed by atoms with van der Waals surface area (Å²) in [6.45, 7) is 2.37. The van der Waals surface area contributed by atoms with E-state index in [9.17, 15) is 14.0 Å². The van der Waals surface area contributed by atoms with E-state index < -0.39 is 11.9 Å². The standard InChI is InChI=1S/C19H20FNO4/c1-2-24-17-9-5-14(6-10-17)11-19(23)25-13-18(22)21-12-15-3-7-16(20)8-4-15/h3-10H,2,11-13H2,1H3,(H,21,22). The Balaban J connectivity index is 1.69. The van der Waals surface area contributed by atoms with Gasteiger partial charge in [-0.15, -0.1) is 0 Å². The van der Waals surface area contributed by atoms with Crippen LogP contribution in [0, 0.1) is 5.82 Å². The SMILES string of the molecule is CCOc1ccc(CC(=O)OCC(=O)NCc2ccc(F)cc2)cc1. The summed E-state index contributed by atoms with van der Waals surface area (Å²) in [5.74, 6) is -0.497. The highest BCUT2D eigenvalue weighted by molar-refractivity contribution is 5.81. The minimum absolute atomic E-state index is 0.0810. The second kappa shape index (κ2) is 9.42. The number of nitrogens with one attached hydrogen (secondary N) is 1.